The minimum absolute atomic E-state index is 0.274. The summed E-state index contributed by atoms with van der Waals surface area (Å²) in [6, 6.07) is 16.9. The number of hydrogen-bond donors (Lipinski definition) is 2. The second kappa shape index (κ2) is 5.13. The van der Waals surface area contributed by atoms with Crippen molar-refractivity contribution in [3.05, 3.63) is 60.2 Å². The third-order valence-corrected chi connectivity index (χ3v) is 3.80. The van der Waals surface area contributed by atoms with E-state index in [2.05, 4.69) is 19.9 Å². The first kappa shape index (κ1) is 13.5. The molecule has 2 N–H and O–H groups in total. The molecule has 0 aromatic heterocycles. The number of phenolic OH excluding ortho intramolecular Hbond substituents is 2. The summed E-state index contributed by atoms with van der Waals surface area (Å²) < 4.78 is 0. The summed E-state index contributed by atoms with van der Waals surface area (Å²) in [7, 11) is 0. The van der Waals surface area contributed by atoms with Gasteiger partial charge in [-0.3, -0.25) is 0 Å². The van der Waals surface area contributed by atoms with Crippen molar-refractivity contribution in [1.82, 2.24) is 0 Å². The Labute approximate surface area is 124 Å². The molecule has 0 saturated carbocycles. The molecule has 3 aromatic carbocycles. The fourth-order valence-corrected chi connectivity index (χ4v) is 2.86. The molecule has 0 bridgehead atoms. The van der Waals surface area contributed by atoms with Crippen LogP contribution in [0.15, 0.2) is 54.6 Å². The molecule has 0 aliphatic carbocycles. The van der Waals surface area contributed by atoms with Gasteiger partial charge in [0, 0.05) is 0 Å². The summed E-state index contributed by atoms with van der Waals surface area (Å²) in [5.74, 6) is 0.923. The predicted molar refractivity (Wildman–Crippen MR) is 86.8 cm³/mol. The highest BCUT2D eigenvalue weighted by Gasteiger charge is 2.13. The lowest BCUT2D eigenvalue weighted by Gasteiger charge is -2.17. The van der Waals surface area contributed by atoms with Crippen molar-refractivity contribution >= 4 is 10.8 Å². The van der Waals surface area contributed by atoms with Gasteiger partial charge in [0.2, 0.25) is 0 Å². The first-order chi connectivity index (χ1) is 10.1. The molecule has 0 fully saturated rings. The molecule has 0 radical (unpaired) electrons. The molecule has 21 heavy (non-hydrogen) atoms. The van der Waals surface area contributed by atoms with Gasteiger partial charge in [-0.1, -0.05) is 44.2 Å². The van der Waals surface area contributed by atoms with Gasteiger partial charge >= 0.3 is 0 Å². The highest BCUT2D eigenvalue weighted by atomic mass is 16.3. The van der Waals surface area contributed by atoms with E-state index in [1.54, 1.807) is 24.3 Å². The summed E-state index contributed by atoms with van der Waals surface area (Å²) in [5, 5.41) is 21.3. The number of benzene rings is 3. The van der Waals surface area contributed by atoms with Gasteiger partial charge in [-0.05, 0) is 57.6 Å². The van der Waals surface area contributed by atoms with E-state index in [1.165, 1.54) is 11.1 Å². The first-order valence-corrected chi connectivity index (χ1v) is 7.11. The van der Waals surface area contributed by atoms with Gasteiger partial charge in [-0.2, -0.15) is 0 Å². The number of fused-ring (bicyclic) bond motifs is 1. The zero-order valence-corrected chi connectivity index (χ0v) is 12.2. The molecule has 0 amide bonds. The van der Waals surface area contributed by atoms with E-state index >= 15 is 0 Å². The highest BCUT2D eigenvalue weighted by molar-refractivity contribution is 5.93. The van der Waals surface area contributed by atoms with Crippen LogP contribution < -0.4 is 0 Å². The van der Waals surface area contributed by atoms with Gasteiger partial charge in [0.1, 0.15) is 11.5 Å². The minimum atomic E-state index is 0.274. The fourth-order valence-electron chi connectivity index (χ4n) is 2.86. The maximum atomic E-state index is 9.65. The molecule has 3 rings (SSSR count). The lowest BCUT2D eigenvalue weighted by molar-refractivity contribution is 0.475. The third kappa shape index (κ3) is 2.45. The quantitative estimate of drug-likeness (QED) is 0.689. The largest absolute Gasteiger partial charge is 0.508 e. The van der Waals surface area contributed by atoms with Crippen LogP contribution in [0.1, 0.15) is 25.3 Å². The molecule has 0 unspecified atom stereocenters. The molecule has 2 heteroatoms. The van der Waals surface area contributed by atoms with Crippen molar-refractivity contribution < 1.29 is 10.2 Å². The molecule has 0 atom stereocenters. The van der Waals surface area contributed by atoms with Crippen LogP contribution in [0.4, 0.5) is 0 Å². The molecule has 0 spiro atoms. The Hall–Kier alpha value is -2.48. The monoisotopic (exact) mass is 278 g/mol. The van der Waals surface area contributed by atoms with Crippen LogP contribution >= 0.6 is 0 Å². The Kier molecular flexibility index (Phi) is 3.30. The summed E-state index contributed by atoms with van der Waals surface area (Å²) in [6.07, 6.45) is 0. The minimum Gasteiger partial charge on any atom is -0.508 e. The van der Waals surface area contributed by atoms with Gasteiger partial charge in [0.25, 0.3) is 0 Å². The maximum absolute atomic E-state index is 9.65. The molecular formula is C19H18O2. The Morgan fingerprint density at radius 2 is 1.43 bits per heavy atom. The lowest BCUT2D eigenvalue weighted by atomic mass is 9.88. The molecule has 2 nitrogen and oxygen atoms in total. The highest BCUT2D eigenvalue weighted by Crippen LogP contribution is 2.36. The summed E-state index contributed by atoms with van der Waals surface area (Å²) >= 11 is 0. The van der Waals surface area contributed by atoms with Crippen LogP contribution in [0.5, 0.6) is 11.5 Å². The average Bonchev–Trinajstić information content (AvgIpc) is 2.46. The smallest absolute Gasteiger partial charge is 0.116 e. The van der Waals surface area contributed by atoms with Crippen molar-refractivity contribution in [2.45, 2.75) is 19.8 Å². The van der Waals surface area contributed by atoms with Crippen molar-refractivity contribution in [2.75, 3.05) is 0 Å². The van der Waals surface area contributed by atoms with E-state index in [9.17, 15) is 10.2 Å². The van der Waals surface area contributed by atoms with E-state index < -0.39 is 0 Å². The van der Waals surface area contributed by atoms with Crippen molar-refractivity contribution in [1.29, 1.82) is 0 Å². The van der Waals surface area contributed by atoms with Crippen molar-refractivity contribution in [3.8, 4) is 22.6 Å². The van der Waals surface area contributed by atoms with E-state index in [0.717, 1.165) is 16.3 Å². The Balaban J connectivity index is 2.30. The van der Waals surface area contributed by atoms with E-state index in [4.69, 9.17) is 0 Å². The van der Waals surface area contributed by atoms with Crippen LogP contribution in [0, 0.1) is 0 Å². The topological polar surface area (TPSA) is 40.5 Å². The zero-order valence-electron chi connectivity index (χ0n) is 12.2. The van der Waals surface area contributed by atoms with Crippen LogP contribution in [-0.4, -0.2) is 10.2 Å². The van der Waals surface area contributed by atoms with Gasteiger partial charge < -0.3 is 10.2 Å². The number of phenols is 2. The zero-order chi connectivity index (χ0) is 15.0. The fraction of sp³-hybridized carbons (Fsp3) is 0.158. The number of hydrogen-bond acceptors (Lipinski definition) is 2. The maximum Gasteiger partial charge on any atom is 0.116 e. The normalized spacial score (nSPS) is 11.2. The Morgan fingerprint density at radius 1 is 0.762 bits per heavy atom. The van der Waals surface area contributed by atoms with E-state index in [-0.39, 0.29) is 11.5 Å². The molecule has 0 aliphatic rings. The van der Waals surface area contributed by atoms with Crippen LogP contribution in [0.25, 0.3) is 21.9 Å². The standard InChI is InChI=1S/C19H18O2/c1-12(2)19-17(13-3-6-15(20)7-4-13)9-5-14-11-16(21)8-10-18(14)19/h3-12,20-21H,1-2H3. The second-order valence-corrected chi connectivity index (χ2v) is 5.63. The molecule has 3 aromatic rings. The summed E-state index contributed by atoms with van der Waals surface area (Å²) in [6.45, 7) is 4.34. The van der Waals surface area contributed by atoms with Gasteiger partial charge in [-0.15, -0.1) is 0 Å². The van der Waals surface area contributed by atoms with E-state index in [1.807, 2.05) is 24.3 Å². The Bertz CT molecular complexity index is 787. The molecule has 0 aliphatic heterocycles. The van der Waals surface area contributed by atoms with Gasteiger partial charge in [0.05, 0.1) is 0 Å². The molecule has 0 heterocycles. The molecule has 106 valence electrons. The SMILES string of the molecule is CC(C)c1c(-c2ccc(O)cc2)ccc2cc(O)ccc12. The average molecular weight is 278 g/mol. The first-order valence-electron chi connectivity index (χ1n) is 7.11. The van der Waals surface area contributed by atoms with Crippen LogP contribution in [-0.2, 0) is 0 Å². The number of rotatable bonds is 2. The molecular weight excluding hydrogens is 260 g/mol. The van der Waals surface area contributed by atoms with E-state index in [0.29, 0.717) is 5.92 Å². The summed E-state index contributed by atoms with van der Waals surface area (Å²) in [4.78, 5) is 0. The second-order valence-electron chi connectivity index (χ2n) is 5.63. The van der Waals surface area contributed by atoms with Crippen LogP contribution in [0.3, 0.4) is 0 Å². The van der Waals surface area contributed by atoms with Crippen molar-refractivity contribution in [2.24, 2.45) is 0 Å². The predicted octanol–water partition coefficient (Wildman–Crippen LogP) is 5.04. The summed E-state index contributed by atoms with van der Waals surface area (Å²) in [5.41, 5.74) is 3.52. The Morgan fingerprint density at radius 3 is 2.10 bits per heavy atom. The molecule has 0 saturated heterocycles. The van der Waals surface area contributed by atoms with Gasteiger partial charge in [-0.25, -0.2) is 0 Å². The number of aromatic hydroxyl groups is 2. The van der Waals surface area contributed by atoms with Crippen LogP contribution in [0.2, 0.25) is 0 Å². The third-order valence-electron chi connectivity index (χ3n) is 3.80. The lowest BCUT2D eigenvalue weighted by Crippen LogP contribution is -1.94. The van der Waals surface area contributed by atoms with Gasteiger partial charge in [0.15, 0.2) is 0 Å². The van der Waals surface area contributed by atoms with Crippen molar-refractivity contribution in [3.63, 3.8) is 0 Å².